The van der Waals surface area contributed by atoms with Gasteiger partial charge in [0.05, 0.1) is 11.4 Å². The van der Waals surface area contributed by atoms with Crippen molar-refractivity contribution in [1.29, 1.82) is 0 Å². The first-order valence-corrected chi connectivity index (χ1v) is 7.10. The second-order valence-electron chi connectivity index (χ2n) is 5.01. The molecule has 0 aliphatic rings. The van der Waals surface area contributed by atoms with Crippen LogP contribution in [0, 0.1) is 0 Å². The Bertz CT molecular complexity index is 796. The van der Waals surface area contributed by atoms with Gasteiger partial charge in [-0.3, -0.25) is 0 Å². The van der Waals surface area contributed by atoms with E-state index in [1.165, 1.54) is 0 Å². The minimum Gasteiger partial charge on any atom is -0.411 e. The maximum absolute atomic E-state index is 8.98. The van der Waals surface area contributed by atoms with E-state index in [4.69, 9.17) is 10.2 Å². The van der Waals surface area contributed by atoms with E-state index in [1.807, 2.05) is 60.7 Å². The molecule has 0 aliphatic carbocycles. The molecular formula is C19H16N2O. The topological polar surface area (TPSA) is 45.5 Å². The Morgan fingerprint density at radius 1 is 0.818 bits per heavy atom. The zero-order valence-corrected chi connectivity index (χ0v) is 12.3. The van der Waals surface area contributed by atoms with E-state index in [0.717, 1.165) is 22.4 Å². The Kier molecular flexibility index (Phi) is 3.97. The van der Waals surface area contributed by atoms with Crippen molar-refractivity contribution in [3.8, 4) is 22.4 Å². The number of oxime groups is 1. The monoisotopic (exact) mass is 288 g/mol. The Morgan fingerprint density at radius 3 is 2.00 bits per heavy atom. The van der Waals surface area contributed by atoms with Crippen molar-refractivity contribution >= 4 is 5.71 Å². The summed E-state index contributed by atoms with van der Waals surface area (Å²) in [5, 5.41) is 12.2. The number of hydrogen-bond donors (Lipinski definition) is 1. The lowest BCUT2D eigenvalue weighted by atomic mass is 9.98. The Hall–Kier alpha value is -2.94. The van der Waals surface area contributed by atoms with Gasteiger partial charge in [0.1, 0.15) is 5.71 Å². The molecule has 1 aromatic heterocycles. The smallest absolute Gasteiger partial charge is 0.102 e. The molecule has 0 saturated carbocycles. The summed E-state index contributed by atoms with van der Waals surface area (Å²) in [6, 6.07) is 24.1. The summed E-state index contributed by atoms with van der Waals surface area (Å²) in [6.45, 7) is 1.74. The Labute approximate surface area is 129 Å². The van der Waals surface area contributed by atoms with Crippen molar-refractivity contribution in [1.82, 2.24) is 4.98 Å². The van der Waals surface area contributed by atoms with Gasteiger partial charge in [0.15, 0.2) is 0 Å². The third-order valence-corrected chi connectivity index (χ3v) is 3.55. The maximum Gasteiger partial charge on any atom is 0.102 e. The van der Waals surface area contributed by atoms with Crippen LogP contribution in [0.4, 0.5) is 0 Å². The summed E-state index contributed by atoms with van der Waals surface area (Å²) < 4.78 is 0. The first kappa shape index (κ1) is 14.0. The summed E-state index contributed by atoms with van der Waals surface area (Å²) in [4.78, 5) is 4.70. The zero-order valence-electron chi connectivity index (χ0n) is 12.3. The molecular weight excluding hydrogens is 272 g/mol. The minimum absolute atomic E-state index is 0.497. The molecule has 0 atom stereocenters. The summed E-state index contributed by atoms with van der Waals surface area (Å²) in [5.41, 5.74) is 5.25. The maximum atomic E-state index is 8.98. The van der Waals surface area contributed by atoms with E-state index in [9.17, 15) is 0 Å². The molecule has 0 aliphatic heterocycles. The predicted octanol–water partition coefficient (Wildman–Crippen LogP) is 4.61. The number of pyridine rings is 1. The van der Waals surface area contributed by atoms with Crippen LogP contribution in [0.25, 0.3) is 22.4 Å². The van der Waals surface area contributed by atoms with Gasteiger partial charge in [-0.2, -0.15) is 0 Å². The van der Waals surface area contributed by atoms with Gasteiger partial charge >= 0.3 is 0 Å². The van der Waals surface area contributed by atoms with Crippen molar-refractivity contribution in [2.45, 2.75) is 6.92 Å². The highest BCUT2D eigenvalue weighted by molar-refractivity contribution is 5.98. The van der Waals surface area contributed by atoms with Gasteiger partial charge in [0.2, 0.25) is 0 Å². The zero-order chi connectivity index (χ0) is 15.4. The Morgan fingerprint density at radius 2 is 1.41 bits per heavy atom. The predicted molar refractivity (Wildman–Crippen MR) is 89.1 cm³/mol. The van der Waals surface area contributed by atoms with Crippen LogP contribution in [-0.4, -0.2) is 15.9 Å². The SMILES string of the molecule is C/C(=N\O)c1ccc(-c2ccccc2)c(-c2ccccc2)n1. The van der Waals surface area contributed by atoms with Gasteiger partial charge in [-0.25, -0.2) is 4.98 Å². The van der Waals surface area contributed by atoms with Crippen LogP contribution in [0.3, 0.4) is 0 Å². The number of aromatic nitrogens is 1. The van der Waals surface area contributed by atoms with E-state index >= 15 is 0 Å². The van der Waals surface area contributed by atoms with Crippen LogP contribution in [0.1, 0.15) is 12.6 Å². The van der Waals surface area contributed by atoms with Gasteiger partial charge in [0.25, 0.3) is 0 Å². The lowest BCUT2D eigenvalue weighted by Gasteiger charge is -2.11. The quantitative estimate of drug-likeness (QED) is 0.434. The van der Waals surface area contributed by atoms with Gasteiger partial charge in [-0.1, -0.05) is 65.8 Å². The molecule has 0 fully saturated rings. The molecule has 3 nitrogen and oxygen atoms in total. The number of hydrogen-bond acceptors (Lipinski definition) is 3. The molecule has 0 unspecified atom stereocenters. The average molecular weight is 288 g/mol. The van der Waals surface area contributed by atoms with Gasteiger partial charge in [0, 0.05) is 11.1 Å². The molecule has 3 heteroatoms. The number of nitrogens with zero attached hydrogens (tertiary/aromatic N) is 2. The van der Waals surface area contributed by atoms with Crippen molar-refractivity contribution in [3.63, 3.8) is 0 Å². The van der Waals surface area contributed by atoms with E-state index in [1.54, 1.807) is 6.92 Å². The van der Waals surface area contributed by atoms with Crippen molar-refractivity contribution in [2.24, 2.45) is 5.16 Å². The van der Waals surface area contributed by atoms with Crippen molar-refractivity contribution in [3.05, 3.63) is 78.5 Å². The molecule has 3 rings (SSSR count). The second-order valence-corrected chi connectivity index (χ2v) is 5.01. The molecule has 0 saturated heterocycles. The fourth-order valence-corrected chi connectivity index (χ4v) is 2.38. The van der Waals surface area contributed by atoms with Crippen LogP contribution in [0.15, 0.2) is 78.0 Å². The van der Waals surface area contributed by atoms with Crippen LogP contribution in [-0.2, 0) is 0 Å². The summed E-state index contributed by atoms with van der Waals surface area (Å²) in [7, 11) is 0. The second kappa shape index (κ2) is 6.22. The van der Waals surface area contributed by atoms with Gasteiger partial charge < -0.3 is 5.21 Å². The minimum atomic E-state index is 0.497. The fourth-order valence-electron chi connectivity index (χ4n) is 2.38. The number of rotatable bonds is 3. The molecule has 0 radical (unpaired) electrons. The molecule has 2 aromatic carbocycles. The molecule has 108 valence electrons. The molecule has 0 bridgehead atoms. The normalized spacial score (nSPS) is 11.4. The summed E-state index contributed by atoms with van der Waals surface area (Å²) >= 11 is 0. The standard InChI is InChI=1S/C19H16N2O/c1-14(21-22)18-13-12-17(15-8-4-2-5-9-15)19(20-18)16-10-6-3-7-11-16/h2-13,22H,1H3/b21-14+. The van der Waals surface area contributed by atoms with Crippen molar-refractivity contribution < 1.29 is 5.21 Å². The molecule has 0 amide bonds. The highest BCUT2D eigenvalue weighted by atomic mass is 16.4. The number of benzene rings is 2. The highest BCUT2D eigenvalue weighted by Crippen LogP contribution is 2.30. The molecule has 0 spiro atoms. The molecule has 3 aromatic rings. The van der Waals surface area contributed by atoms with Crippen LogP contribution in [0.5, 0.6) is 0 Å². The lowest BCUT2D eigenvalue weighted by molar-refractivity contribution is 0.319. The fraction of sp³-hybridized carbons (Fsp3) is 0.0526. The molecule has 22 heavy (non-hydrogen) atoms. The Balaban J connectivity index is 2.22. The third-order valence-electron chi connectivity index (χ3n) is 3.55. The third kappa shape index (κ3) is 2.74. The molecule has 1 N–H and O–H groups in total. The van der Waals surface area contributed by atoms with E-state index in [0.29, 0.717) is 11.4 Å². The van der Waals surface area contributed by atoms with E-state index in [-0.39, 0.29) is 0 Å². The lowest BCUT2D eigenvalue weighted by Crippen LogP contribution is -2.01. The van der Waals surface area contributed by atoms with Gasteiger partial charge in [-0.15, -0.1) is 0 Å². The first-order chi connectivity index (χ1) is 10.8. The summed E-state index contributed by atoms with van der Waals surface area (Å²) in [6.07, 6.45) is 0. The van der Waals surface area contributed by atoms with E-state index < -0.39 is 0 Å². The van der Waals surface area contributed by atoms with Crippen LogP contribution < -0.4 is 0 Å². The highest BCUT2D eigenvalue weighted by Gasteiger charge is 2.11. The van der Waals surface area contributed by atoms with Crippen molar-refractivity contribution in [2.75, 3.05) is 0 Å². The van der Waals surface area contributed by atoms with Crippen LogP contribution in [0.2, 0.25) is 0 Å². The van der Waals surface area contributed by atoms with Gasteiger partial charge in [-0.05, 0) is 24.6 Å². The first-order valence-electron chi connectivity index (χ1n) is 7.10. The largest absolute Gasteiger partial charge is 0.411 e. The average Bonchev–Trinajstić information content (AvgIpc) is 2.62. The molecule has 1 heterocycles. The van der Waals surface area contributed by atoms with Crippen LogP contribution >= 0.6 is 0 Å². The summed E-state index contributed by atoms with van der Waals surface area (Å²) in [5.74, 6) is 0. The van der Waals surface area contributed by atoms with E-state index in [2.05, 4.69) is 17.3 Å².